The minimum atomic E-state index is -1.14. The molecular weight excluding hydrogens is 320 g/mol. The zero-order valence-corrected chi connectivity index (χ0v) is 12.6. The second-order valence-corrected chi connectivity index (χ2v) is 5.82. The van der Waals surface area contributed by atoms with Gasteiger partial charge in [-0.05, 0) is 25.0 Å². The van der Waals surface area contributed by atoms with E-state index >= 15 is 0 Å². The fourth-order valence-electron chi connectivity index (χ4n) is 3.19. The molecule has 126 valence electrons. The van der Waals surface area contributed by atoms with Gasteiger partial charge in [0.2, 0.25) is 0 Å². The quantitative estimate of drug-likeness (QED) is 0.797. The summed E-state index contributed by atoms with van der Waals surface area (Å²) in [6.45, 7) is 0. The molecule has 0 bridgehead atoms. The van der Waals surface area contributed by atoms with E-state index in [-0.39, 0.29) is 29.1 Å². The monoisotopic (exact) mass is 335 g/mol. The number of azo groups is 1. The van der Waals surface area contributed by atoms with E-state index in [2.05, 4.69) is 10.2 Å². The Morgan fingerprint density at radius 1 is 1.17 bits per heavy atom. The normalized spacial score (nSPS) is 23.7. The molecule has 0 aliphatic heterocycles. The SMILES string of the molecule is O=C(N=NC1=C(O)C2CCCCC2C1=O)Nc1c(F)cccc1F. The van der Waals surface area contributed by atoms with Gasteiger partial charge in [-0.3, -0.25) is 10.1 Å². The Labute approximate surface area is 136 Å². The predicted molar refractivity (Wildman–Crippen MR) is 80.3 cm³/mol. The second kappa shape index (κ2) is 6.46. The number of para-hydroxylation sites is 1. The maximum Gasteiger partial charge on any atom is 0.364 e. The van der Waals surface area contributed by atoms with Crippen molar-refractivity contribution in [3.05, 3.63) is 41.3 Å². The summed E-state index contributed by atoms with van der Waals surface area (Å²) in [5, 5.41) is 18.8. The molecule has 1 fully saturated rings. The van der Waals surface area contributed by atoms with Crippen LogP contribution in [0.3, 0.4) is 0 Å². The molecule has 24 heavy (non-hydrogen) atoms. The fraction of sp³-hybridized carbons (Fsp3) is 0.375. The van der Waals surface area contributed by atoms with Crippen LogP contribution in [-0.2, 0) is 4.79 Å². The second-order valence-electron chi connectivity index (χ2n) is 5.82. The first-order valence-electron chi connectivity index (χ1n) is 7.63. The number of carbonyl (C=O) groups is 2. The summed E-state index contributed by atoms with van der Waals surface area (Å²) in [4.78, 5) is 23.9. The summed E-state index contributed by atoms with van der Waals surface area (Å²) in [7, 11) is 0. The van der Waals surface area contributed by atoms with Crippen LogP contribution in [0.15, 0.2) is 39.9 Å². The van der Waals surface area contributed by atoms with E-state index in [4.69, 9.17) is 0 Å². The molecule has 1 aromatic carbocycles. The fourth-order valence-corrected chi connectivity index (χ4v) is 3.19. The number of fused-ring (bicyclic) bond motifs is 1. The number of aliphatic hydroxyl groups excluding tert-OH is 1. The molecule has 1 aromatic rings. The molecule has 0 spiro atoms. The van der Waals surface area contributed by atoms with Crippen LogP contribution in [0.25, 0.3) is 0 Å². The molecule has 0 radical (unpaired) electrons. The number of anilines is 1. The molecule has 2 amide bonds. The summed E-state index contributed by atoms with van der Waals surface area (Å²) in [5.74, 6) is -3.00. The average Bonchev–Trinajstić information content (AvgIpc) is 2.81. The topological polar surface area (TPSA) is 91.1 Å². The van der Waals surface area contributed by atoms with Gasteiger partial charge in [-0.15, -0.1) is 5.11 Å². The number of nitrogens with one attached hydrogen (secondary N) is 1. The summed E-state index contributed by atoms with van der Waals surface area (Å²) in [6.07, 6.45) is 3.17. The van der Waals surface area contributed by atoms with Gasteiger partial charge in [0.25, 0.3) is 0 Å². The number of ketones is 1. The van der Waals surface area contributed by atoms with Crippen molar-refractivity contribution in [2.24, 2.45) is 22.1 Å². The zero-order chi connectivity index (χ0) is 17.3. The minimum absolute atomic E-state index is 0.154. The Morgan fingerprint density at radius 2 is 1.79 bits per heavy atom. The average molecular weight is 335 g/mol. The van der Waals surface area contributed by atoms with Gasteiger partial charge < -0.3 is 5.11 Å². The first-order valence-corrected chi connectivity index (χ1v) is 7.63. The van der Waals surface area contributed by atoms with Crippen LogP contribution in [0.2, 0.25) is 0 Å². The first kappa shape index (κ1) is 16.2. The van der Waals surface area contributed by atoms with Crippen LogP contribution < -0.4 is 5.32 Å². The molecule has 2 atom stereocenters. The van der Waals surface area contributed by atoms with Gasteiger partial charge in [-0.1, -0.05) is 24.0 Å². The van der Waals surface area contributed by atoms with E-state index in [1.54, 1.807) is 0 Å². The Kier molecular flexibility index (Phi) is 4.37. The van der Waals surface area contributed by atoms with Gasteiger partial charge in [0, 0.05) is 11.8 Å². The lowest BCUT2D eigenvalue weighted by Gasteiger charge is -2.23. The Hall–Kier alpha value is -2.64. The minimum Gasteiger partial charge on any atom is -0.510 e. The van der Waals surface area contributed by atoms with Crippen molar-refractivity contribution in [1.29, 1.82) is 0 Å². The van der Waals surface area contributed by atoms with Crippen LogP contribution in [0.1, 0.15) is 25.7 Å². The van der Waals surface area contributed by atoms with Gasteiger partial charge in [0.1, 0.15) is 23.1 Å². The third-order valence-corrected chi connectivity index (χ3v) is 4.37. The number of allylic oxidation sites excluding steroid dienone is 2. The molecule has 0 heterocycles. The van der Waals surface area contributed by atoms with E-state index in [1.807, 2.05) is 5.32 Å². The highest BCUT2D eigenvalue weighted by Gasteiger charge is 2.43. The van der Waals surface area contributed by atoms with Gasteiger partial charge >= 0.3 is 6.03 Å². The number of halogens is 2. The molecule has 8 heteroatoms. The van der Waals surface area contributed by atoms with Crippen LogP contribution in [0.4, 0.5) is 19.3 Å². The molecule has 0 aromatic heterocycles. The lowest BCUT2D eigenvalue weighted by atomic mass is 9.80. The molecule has 2 aliphatic carbocycles. The van der Waals surface area contributed by atoms with E-state index in [0.717, 1.165) is 31.0 Å². The smallest absolute Gasteiger partial charge is 0.364 e. The van der Waals surface area contributed by atoms with E-state index in [1.165, 1.54) is 0 Å². The molecule has 2 unspecified atom stereocenters. The third-order valence-electron chi connectivity index (χ3n) is 4.37. The molecule has 2 N–H and O–H groups in total. The van der Waals surface area contributed by atoms with Crippen molar-refractivity contribution in [2.45, 2.75) is 25.7 Å². The number of aliphatic hydroxyl groups is 1. The van der Waals surface area contributed by atoms with Gasteiger partial charge in [0.15, 0.2) is 11.5 Å². The maximum atomic E-state index is 13.4. The number of benzene rings is 1. The number of carbonyl (C=O) groups excluding carboxylic acids is 2. The Balaban J connectivity index is 1.74. The molecule has 1 saturated carbocycles. The molecule has 0 saturated heterocycles. The van der Waals surface area contributed by atoms with Crippen LogP contribution >= 0.6 is 0 Å². The van der Waals surface area contributed by atoms with Crippen LogP contribution in [-0.4, -0.2) is 16.9 Å². The van der Waals surface area contributed by atoms with Crippen LogP contribution in [0.5, 0.6) is 0 Å². The Morgan fingerprint density at radius 3 is 2.42 bits per heavy atom. The van der Waals surface area contributed by atoms with Crippen molar-refractivity contribution in [1.82, 2.24) is 0 Å². The lowest BCUT2D eigenvalue weighted by molar-refractivity contribution is -0.120. The first-order chi connectivity index (χ1) is 11.5. The zero-order valence-electron chi connectivity index (χ0n) is 12.6. The number of hydrogen-bond donors (Lipinski definition) is 2. The molecular formula is C16H15F2N3O3. The highest BCUT2D eigenvalue weighted by Crippen LogP contribution is 2.42. The highest BCUT2D eigenvalue weighted by molar-refractivity contribution is 6.00. The van der Waals surface area contributed by atoms with E-state index in [9.17, 15) is 23.5 Å². The highest BCUT2D eigenvalue weighted by atomic mass is 19.1. The number of hydrogen-bond acceptors (Lipinski definition) is 4. The van der Waals surface area contributed by atoms with Crippen molar-refractivity contribution < 1.29 is 23.5 Å². The van der Waals surface area contributed by atoms with Crippen molar-refractivity contribution in [3.63, 3.8) is 0 Å². The van der Waals surface area contributed by atoms with Gasteiger partial charge in [0.05, 0.1) is 0 Å². The van der Waals surface area contributed by atoms with Gasteiger partial charge in [-0.25, -0.2) is 13.6 Å². The van der Waals surface area contributed by atoms with E-state index < -0.39 is 23.4 Å². The summed E-state index contributed by atoms with van der Waals surface area (Å²) >= 11 is 0. The Bertz CT molecular complexity index is 741. The lowest BCUT2D eigenvalue weighted by Crippen LogP contribution is -2.21. The summed E-state index contributed by atoms with van der Waals surface area (Å²) < 4.78 is 26.9. The number of urea groups is 1. The molecule has 3 rings (SSSR count). The van der Waals surface area contributed by atoms with Crippen molar-refractivity contribution in [2.75, 3.05) is 5.32 Å². The van der Waals surface area contributed by atoms with E-state index in [0.29, 0.717) is 12.8 Å². The number of rotatable bonds is 2. The predicted octanol–water partition coefficient (Wildman–Crippen LogP) is 4.11. The standard InChI is InChI=1S/C16H15F2N3O3/c17-10-6-3-7-11(18)12(10)19-16(24)21-20-13-14(22)8-4-1-2-5-9(8)15(13)23/h3,6-9,22H,1-2,4-5H2,(H,19,24). The summed E-state index contributed by atoms with van der Waals surface area (Å²) in [5.41, 5.74) is -0.887. The third kappa shape index (κ3) is 2.91. The maximum absolute atomic E-state index is 13.4. The van der Waals surface area contributed by atoms with Gasteiger partial charge in [-0.2, -0.15) is 0 Å². The van der Waals surface area contributed by atoms with Crippen molar-refractivity contribution >= 4 is 17.5 Å². The molecule has 6 nitrogen and oxygen atoms in total. The summed E-state index contributed by atoms with van der Waals surface area (Å²) in [6, 6.07) is 1.98. The largest absolute Gasteiger partial charge is 0.510 e. The molecule has 2 aliphatic rings. The number of nitrogens with zero attached hydrogens (tertiary/aromatic N) is 2. The van der Waals surface area contributed by atoms with Crippen LogP contribution in [0, 0.1) is 23.5 Å². The number of Topliss-reactive ketones (excluding diaryl/α,β-unsaturated/α-hetero) is 1. The number of amides is 2. The van der Waals surface area contributed by atoms with Crippen molar-refractivity contribution in [3.8, 4) is 0 Å².